The zero-order valence-corrected chi connectivity index (χ0v) is 11.0. The predicted octanol–water partition coefficient (Wildman–Crippen LogP) is 0.246. The molecule has 1 fully saturated rings. The summed E-state index contributed by atoms with van der Waals surface area (Å²) in [5.41, 5.74) is 0.394. The molecule has 6 heteroatoms. The van der Waals surface area contributed by atoms with Crippen LogP contribution in [0.25, 0.3) is 0 Å². The van der Waals surface area contributed by atoms with E-state index in [2.05, 4.69) is 0 Å². The number of quaternary nitrogens is 1. The molecule has 0 bridgehead atoms. The van der Waals surface area contributed by atoms with Gasteiger partial charge in [0.05, 0.1) is 31.2 Å². The van der Waals surface area contributed by atoms with Crippen LogP contribution in [0, 0.1) is 10.1 Å². The van der Waals surface area contributed by atoms with E-state index in [1.165, 1.54) is 30.6 Å². The monoisotopic (exact) mass is 266 g/mol. The van der Waals surface area contributed by atoms with Crippen LogP contribution >= 0.6 is 0 Å². The van der Waals surface area contributed by atoms with Crippen molar-refractivity contribution in [3.05, 3.63) is 27.8 Å². The molecule has 1 aliphatic heterocycles. The summed E-state index contributed by atoms with van der Waals surface area (Å²) >= 11 is 0. The maximum atomic E-state index is 12.1. The lowest BCUT2D eigenvalue weighted by molar-refractivity contribution is -0.918. The zero-order valence-electron chi connectivity index (χ0n) is 11.0. The average Bonchev–Trinajstić information content (AvgIpc) is 2.42. The van der Waals surface area contributed by atoms with Gasteiger partial charge < -0.3 is 14.7 Å². The molecule has 0 unspecified atom stereocenters. The molecule has 0 atom stereocenters. The SMILES string of the molecule is COc1cc([N+](=O)[O-])cc(C[NH+]2CCCCC2)c1[O-]. The highest BCUT2D eigenvalue weighted by Crippen LogP contribution is 2.31. The first-order valence-electron chi connectivity index (χ1n) is 6.47. The number of nitro benzene ring substituents is 1. The number of hydrogen-bond acceptors (Lipinski definition) is 4. The average molecular weight is 266 g/mol. The Hall–Kier alpha value is -1.82. The van der Waals surface area contributed by atoms with Crippen molar-refractivity contribution < 1.29 is 19.7 Å². The fourth-order valence-electron chi connectivity index (χ4n) is 2.53. The molecule has 1 aliphatic rings. The molecule has 1 heterocycles. The van der Waals surface area contributed by atoms with Crippen LogP contribution in [0.2, 0.25) is 0 Å². The van der Waals surface area contributed by atoms with Gasteiger partial charge in [-0.2, -0.15) is 0 Å². The fraction of sp³-hybridized carbons (Fsp3) is 0.538. The molecule has 0 aliphatic carbocycles. The summed E-state index contributed by atoms with van der Waals surface area (Å²) in [5.74, 6) is -0.174. The minimum absolute atomic E-state index is 0.0561. The van der Waals surface area contributed by atoms with Crippen molar-refractivity contribution in [2.24, 2.45) is 0 Å². The number of hydrogen-bond donors (Lipinski definition) is 1. The van der Waals surface area contributed by atoms with Crippen LogP contribution in [0.15, 0.2) is 12.1 Å². The number of non-ortho nitro benzene ring substituents is 1. The van der Waals surface area contributed by atoms with E-state index in [1.807, 2.05) is 0 Å². The third-order valence-corrected chi connectivity index (χ3v) is 3.55. The first-order chi connectivity index (χ1) is 9.11. The van der Waals surface area contributed by atoms with Gasteiger partial charge >= 0.3 is 0 Å². The topological polar surface area (TPSA) is 79.9 Å². The molecular formula is C13H18N2O4. The molecule has 0 amide bonds. The zero-order chi connectivity index (χ0) is 13.8. The van der Waals surface area contributed by atoms with Crippen molar-refractivity contribution in [2.75, 3.05) is 20.2 Å². The second kappa shape index (κ2) is 5.88. The molecule has 2 rings (SSSR count). The molecule has 0 aromatic heterocycles. The van der Waals surface area contributed by atoms with E-state index in [1.54, 1.807) is 0 Å². The van der Waals surface area contributed by atoms with Crippen LogP contribution in [0.5, 0.6) is 11.5 Å². The van der Waals surface area contributed by atoms with Gasteiger partial charge in [-0.1, -0.05) is 5.75 Å². The summed E-state index contributed by atoms with van der Waals surface area (Å²) in [6.45, 7) is 2.58. The molecule has 104 valence electrons. The molecule has 1 aromatic carbocycles. The fourth-order valence-corrected chi connectivity index (χ4v) is 2.53. The lowest BCUT2D eigenvalue weighted by Crippen LogP contribution is -3.11. The number of ether oxygens (including phenoxy) is 1. The predicted molar refractivity (Wildman–Crippen MR) is 67.3 cm³/mol. The summed E-state index contributed by atoms with van der Waals surface area (Å²) < 4.78 is 4.94. The lowest BCUT2D eigenvalue weighted by Gasteiger charge is -2.26. The summed E-state index contributed by atoms with van der Waals surface area (Å²) in [7, 11) is 1.36. The molecule has 19 heavy (non-hydrogen) atoms. The molecule has 0 radical (unpaired) electrons. The minimum atomic E-state index is -0.489. The van der Waals surface area contributed by atoms with Gasteiger partial charge in [0.15, 0.2) is 0 Å². The normalized spacial score (nSPS) is 16.3. The van der Waals surface area contributed by atoms with Gasteiger partial charge in [0.1, 0.15) is 12.3 Å². The maximum Gasteiger partial charge on any atom is 0.273 e. The van der Waals surface area contributed by atoms with Crippen LogP contribution in [-0.2, 0) is 6.54 Å². The number of methoxy groups -OCH3 is 1. The Kier molecular flexibility index (Phi) is 4.21. The second-order valence-corrected chi connectivity index (χ2v) is 4.88. The van der Waals surface area contributed by atoms with Crippen LogP contribution < -0.4 is 14.7 Å². The van der Waals surface area contributed by atoms with E-state index in [-0.39, 0.29) is 17.2 Å². The Bertz CT molecular complexity index is 470. The number of nitrogens with one attached hydrogen (secondary N) is 1. The molecule has 1 aromatic rings. The summed E-state index contributed by atoms with van der Waals surface area (Å²) in [5, 5.41) is 23.0. The molecular weight excluding hydrogens is 248 g/mol. The quantitative estimate of drug-likeness (QED) is 0.625. The number of rotatable bonds is 4. The molecule has 1 saturated heterocycles. The van der Waals surface area contributed by atoms with Crippen LogP contribution in [0.1, 0.15) is 24.8 Å². The van der Waals surface area contributed by atoms with Crippen molar-refractivity contribution in [3.63, 3.8) is 0 Å². The van der Waals surface area contributed by atoms with E-state index in [4.69, 9.17) is 4.74 Å². The van der Waals surface area contributed by atoms with Crippen molar-refractivity contribution in [1.82, 2.24) is 0 Å². The van der Waals surface area contributed by atoms with E-state index < -0.39 is 4.92 Å². The highest BCUT2D eigenvalue weighted by molar-refractivity contribution is 5.52. The van der Waals surface area contributed by atoms with Crippen LogP contribution in [0.4, 0.5) is 5.69 Å². The summed E-state index contributed by atoms with van der Waals surface area (Å²) in [4.78, 5) is 11.7. The highest BCUT2D eigenvalue weighted by Gasteiger charge is 2.18. The van der Waals surface area contributed by atoms with Gasteiger partial charge in [-0.25, -0.2) is 0 Å². The van der Waals surface area contributed by atoms with Crippen molar-refractivity contribution in [2.45, 2.75) is 25.8 Å². The number of nitrogens with zero attached hydrogens (tertiary/aromatic N) is 1. The maximum absolute atomic E-state index is 12.1. The molecule has 1 N–H and O–H groups in total. The number of benzene rings is 1. The third kappa shape index (κ3) is 3.14. The molecule has 0 spiro atoms. The van der Waals surface area contributed by atoms with E-state index >= 15 is 0 Å². The summed E-state index contributed by atoms with van der Waals surface area (Å²) in [6.07, 6.45) is 3.52. The number of piperidine rings is 1. The number of likely N-dealkylation sites (tertiary alicyclic amines) is 1. The first kappa shape index (κ1) is 13.6. The Balaban J connectivity index is 2.26. The Morgan fingerprint density at radius 2 is 2.00 bits per heavy atom. The van der Waals surface area contributed by atoms with Crippen LogP contribution in [0.3, 0.4) is 0 Å². The minimum Gasteiger partial charge on any atom is -0.870 e. The van der Waals surface area contributed by atoms with Gasteiger partial charge in [-0.15, -0.1) is 0 Å². The lowest BCUT2D eigenvalue weighted by atomic mass is 10.1. The van der Waals surface area contributed by atoms with Crippen LogP contribution in [-0.4, -0.2) is 25.1 Å². The Morgan fingerprint density at radius 3 is 2.58 bits per heavy atom. The Labute approximate surface area is 111 Å². The van der Waals surface area contributed by atoms with Gasteiger partial charge in [0, 0.05) is 11.6 Å². The van der Waals surface area contributed by atoms with E-state index in [9.17, 15) is 15.2 Å². The first-order valence-corrected chi connectivity index (χ1v) is 6.47. The molecule has 0 saturated carbocycles. The van der Waals surface area contributed by atoms with E-state index in [0.717, 1.165) is 25.9 Å². The number of nitro groups is 1. The summed E-state index contributed by atoms with van der Waals surface area (Å²) in [6, 6.07) is 2.57. The van der Waals surface area contributed by atoms with Crippen molar-refractivity contribution >= 4 is 5.69 Å². The van der Waals surface area contributed by atoms with Gasteiger partial charge in [-0.05, 0) is 19.3 Å². The van der Waals surface area contributed by atoms with Crippen molar-refractivity contribution in [3.8, 4) is 11.5 Å². The third-order valence-electron chi connectivity index (χ3n) is 3.55. The van der Waals surface area contributed by atoms with E-state index in [0.29, 0.717) is 12.1 Å². The van der Waals surface area contributed by atoms with Gasteiger partial charge in [0.25, 0.3) is 5.69 Å². The molecule has 6 nitrogen and oxygen atoms in total. The standard InChI is InChI=1S/C13H18N2O4/c1-19-12-8-11(15(17)18)7-10(13(12)16)9-14-5-3-2-4-6-14/h7-8,16H,2-6,9H2,1H3. The van der Waals surface area contributed by atoms with Crippen molar-refractivity contribution in [1.29, 1.82) is 0 Å². The highest BCUT2D eigenvalue weighted by atomic mass is 16.6. The smallest absolute Gasteiger partial charge is 0.273 e. The largest absolute Gasteiger partial charge is 0.870 e. The van der Waals surface area contributed by atoms with Gasteiger partial charge in [-0.3, -0.25) is 10.1 Å². The Morgan fingerprint density at radius 1 is 1.32 bits per heavy atom. The second-order valence-electron chi connectivity index (χ2n) is 4.88. The van der Waals surface area contributed by atoms with Gasteiger partial charge in [0.2, 0.25) is 0 Å².